The molecule has 1 aromatic carbocycles. The fourth-order valence-corrected chi connectivity index (χ4v) is 4.72. The number of piperidine rings is 1. The van der Waals surface area contributed by atoms with Gasteiger partial charge >= 0.3 is 5.97 Å². The average Bonchev–Trinajstić information content (AvgIpc) is 3.50. The van der Waals surface area contributed by atoms with Gasteiger partial charge < -0.3 is 19.3 Å². The van der Waals surface area contributed by atoms with Crippen LogP contribution in [0, 0.1) is 6.92 Å². The van der Waals surface area contributed by atoms with Crippen LogP contribution in [0.4, 0.5) is 0 Å². The predicted octanol–water partition coefficient (Wildman–Crippen LogP) is 4.62. The van der Waals surface area contributed by atoms with Gasteiger partial charge in [0.1, 0.15) is 11.4 Å². The van der Waals surface area contributed by atoms with Crippen LogP contribution < -0.4 is 4.74 Å². The van der Waals surface area contributed by atoms with Crippen molar-refractivity contribution in [1.29, 1.82) is 0 Å². The molecule has 1 aliphatic heterocycles. The van der Waals surface area contributed by atoms with Crippen molar-refractivity contribution in [3.8, 4) is 17.2 Å². The Hall–Kier alpha value is -3.46. The van der Waals surface area contributed by atoms with Crippen molar-refractivity contribution in [2.24, 2.45) is 0 Å². The van der Waals surface area contributed by atoms with Gasteiger partial charge in [0.25, 0.3) is 0 Å². The van der Waals surface area contributed by atoms with Crippen LogP contribution in [0.2, 0.25) is 0 Å². The maximum atomic E-state index is 12.7. The molecule has 0 radical (unpaired) electrons. The molecule has 3 aromatic rings. The number of hydrogen-bond acceptors (Lipinski definition) is 7. The van der Waals surface area contributed by atoms with E-state index in [1.807, 2.05) is 48.4 Å². The van der Waals surface area contributed by atoms with E-state index in [2.05, 4.69) is 10.1 Å². The minimum atomic E-state index is -1.14. The second kappa shape index (κ2) is 9.99. The van der Waals surface area contributed by atoms with Crippen molar-refractivity contribution < 1.29 is 24.0 Å². The van der Waals surface area contributed by atoms with E-state index >= 15 is 0 Å². The molecule has 4 rings (SSSR count). The Bertz CT molecular complexity index is 1170. The van der Waals surface area contributed by atoms with Gasteiger partial charge in [0.15, 0.2) is 11.5 Å². The van der Waals surface area contributed by atoms with E-state index in [1.54, 1.807) is 6.08 Å². The number of carbonyl (C=O) groups excluding carboxylic acids is 1. The molecule has 0 bridgehead atoms. The van der Waals surface area contributed by atoms with Crippen LogP contribution in [0.25, 0.3) is 17.5 Å². The van der Waals surface area contributed by atoms with E-state index in [-0.39, 0.29) is 17.5 Å². The minimum Gasteiger partial charge on any atom is -0.494 e. The van der Waals surface area contributed by atoms with Gasteiger partial charge in [-0.2, -0.15) is 0 Å². The van der Waals surface area contributed by atoms with Crippen LogP contribution in [0.3, 0.4) is 0 Å². The Morgan fingerprint density at radius 3 is 2.79 bits per heavy atom. The van der Waals surface area contributed by atoms with Gasteiger partial charge in [-0.3, -0.25) is 4.79 Å². The van der Waals surface area contributed by atoms with Crippen LogP contribution in [0.15, 0.2) is 40.2 Å². The first-order valence-electron chi connectivity index (χ1n) is 10.8. The lowest BCUT2D eigenvalue weighted by molar-refractivity contribution is -0.126. The Morgan fingerprint density at radius 2 is 2.09 bits per heavy atom. The molecule has 1 aliphatic rings. The molecule has 0 aliphatic carbocycles. The number of rotatable bonds is 7. The summed E-state index contributed by atoms with van der Waals surface area (Å²) in [4.78, 5) is 30.1. The van der Waals surface area contributed by atoms with E-state index in [1.165, 1.54) is 17.4 Å². The number of amides is 1. The van der Waals surface area contributed by atoms with E-state index in [0.29, 0.717) is 31.2 Å². The van der Waals surface area contributed by atoms with Gasteiger partial charge in [-0.1, -0.05) is 17.3 Å². The molecule has 2 aromatic heterocycles. The number of carbonyl (C=O) groups is 2. The van der Waals surface area contributed by atoms with Crippen LogP contribution in [0.1, 0.15) is 52.3 Å². The average molecular weight is 468 g/mol. The number of thiazole rings is 1. The number of ether oxygens (including phenoxy) is 1. The Kier molecular flexibility index (Phi) is 6.88. The molecule has 8 nitrogen and oxygen atoms in total. The van der Waals surface area contributed by atoms with Crippen LogP contribution in [-0.2, 0) is 4.79 Å². The third kappa shape index (κ3) is 5.31. The van der Waals surface area contributed by atoms with E-state index < -0.39 is 5.97 Å². The maximum absolute atomic E-state index is 12.7. The summed E-state index contributed by atoms with van der Waals surface area (Å²) in [7, 11) is 0. The SMILES string of the molecule is CCOc1cc(/C=C/C(=O)N2CCC(c3nc(-c4cc(C(=O)O)no4)cs3)CC2)ccc1C. The second-order valence-electron chi connectivity index (χ2n) is 7.84. The summed E-state index contributed by atoms with van der Waals surface area (Å²) in [5.41, 5.74) is 2.44. The summed E-state index contributed by atoms with van der Waals surface area (Å²) in [5.74, 6) is 0.291. The van der Waals surface area contributed by atoms with Crippen molar-refractivity contribution in [3.63, 3.8) is 0 Å². The molecule has 9 heteroatoms. The number of aromatic carboxylic acids is 1. The van der Waals surface area contributed by atoms with Gasteiger partial charge in [-0.25, -0.2) is 9.78 Å². The van der Waals surface area contributed by atoms with Crippen molar-refractivity contribution >= 4 is 29.3 Å². The number of aromatic nitrogens is 2. The summed E-state index contributed by atoms with van der Waals surface area (Å²) in [5, 5.41) is 15.3. The van der Waals surface area contributed by atoms with Gasteiger partial charge in [0.2, 0.25) is 5.91 Å². The highest BCUT2D eigenvalue weighted by molar-refractivity contribution is 7.10. The molecule has 0 saturated carbocycles. The van der Waals surface area contributed by atoms with E-state index in [0.717, 1.165) is 34.7 Å². The first-order chi connectivity index (χ1) is 15.9. The predicted molar refractivity (Wildman–Crippen MR) is 125 cm³/mol. The molecule has 1 N–H and O–H groups in total. The zero-order valence-electron chi connectivity index (χ0n) is 18.5. The Labute approximate surface area is 195 Å². The highest BCUT2D eigenvalue weighted by atomic mass is 32.1. The third-order valence-corrected chi connectivity index (χ3v) is 6.60. The lowest BCUT2D eigenvalue weighted by Crippen LogP contribution is -2.36. The second-order valence-corrected chi connectivity index (χ2v) is 8.73. The smallest absolute Gasteiger partial charge is 0.358 e. The maximum Gasteiger partial charge on any atom is 0.358 e. The molecule has 3 heterocycles. The van der Waals surface area contributed by atoms with Crippen molar-refractivity contribution in [2.75, 3.05) is 19.7 Å². The van der Waals surface area contributed by atoms with Crippen LogP contribution in [0.5, 0.6) is 5.75 Å². The highest BCUT2D eigenvalue weighted by Crippen LogP contribution is 2.33. The lowest BCUT2D eigenvalue weighted by Gasteiger charge is -2.30. The van der Waals surface area contributed by atoms with E-state index in [4.69, 9.17) is 14.4 Å². The van der Waals surface area contributed by atoms with Gasteiger partial charge in [0, 0.05) is 36.5 Å². The summed E-state index contributed by atoms with van der Waals surface area (Å²) < 4.78 is 10.7. The molecule has 1 fully saturated rings. The quantitative estimate of drug-likeness (QED) is 0.505. The number of hydrogen-bond donors (Lipinski definition) is 1. The molecule has 0 spiro atoms. The van der Waals surface area contributed by atoms with Crippen molar-refractivity contribution in [2.45, 2.75) is 32.6 Å². The zero-order chi connectivity index (χ0) is 23.4. The zero-order valence-corrected chi connectivity index (χ0v) is 19.3. The van der Waals surface area contributed by atoms with E-state index in [9.17, 15) is 9.59 Å². The summed E-state index contributed by atoms with van der Waals surface area (Å²) >= 11 is 1.52. The summed E-state index contributed by atoms with van der Waals surface area (Å²) in [6.07, 6.45) is 5.09. The number of benzene rings is 1. The Morgan fingerprint density at radius 1 is 1.30 bits per heavy atom. The molecular weight excluding hydrogens is 442 g/mol. The van der Waals surface area contributed by atoms with Crippen molar-refractivity contribution in [1.82, 2.24) is 15.0 Å². The molecule has 1 amide bonds. The molecule has 0 unspecified atom stereocenters. The first kappa shape index (κ1) is 22.7. The first-order valence-corrected chi connectivity index (χ1v) is 11.7. The Balaban J connectivity index is 1.34. The molecule has 1 saturated heterocycles. The third-order valence-electron chi connectivity index (χ3n) is 5.59. The minimum absolute atomic E-state index is 0.00493. The molecule has 172 valence electrons. The summed E-state index contributed by atoms with van der Waals surface area (Å²) in [6, 6.07) is 7.29. The van der Waals surface area contributed by atoms with Gasteiger partial charge in [-0.05, 0) is 50.0 Å². The van der Waals surface area contributed by atoms with Crippen LogP contribution in [-0.4, -0.2) is 51.7 Å². The molecular formula is C24H25N3O5S. The molecule has 0 atom stereocenters. The number of nitrogens with zero attached hydrogens (tertiary/aromatic N) is 3. The monoisotopic (exact) mass is 467 g/mol. The normalized spacial score (nSPS) is 14.7. The largest absolute Gasteiger partial charge is 0.494 e. The number of aryl methyl sites for hydroxylation is 1. The molecule has 33 heavy (non-hydrogen) atoms. The number of likely N-dealkylation sites (tertiary alicyclic amines) is 1. The van der Waals surface area contributed by atoms with Gasteiger partial charge in [-0.15, -0.1) is 11.3 Å². The topological polar surface area (TPSA) is 106 Å². The fourth-order valence-electron chi connectivity index (χ4n) is 3.74. The number of carboxylic acids is 1. The van der Waals surface area contributed by atoms with Crippen molar-refractivity contribution in [3.05, 3.63) is 57.6 Å². The lowest BCUT2D eigenvalue weighted by atomic mass is 9.97. The summed E-state index contributed by atoms with van der Waals surface area (Å²) in [6.45, 7) is 5.87. The highest BCUT2D eigenvalue weighted by Gasteiger charge is 2.25. The number of carboxylic acid groups (broad SMARTS) is 1. The van der Waals surface area contributed by atoms with Crippen LogP contribution >= 0.6 is 11.3 Å². The fraction of sp³-hybridized carbons (Fsp3) is 0.333. The van der Waals surface area contributed by atoms with Gasteiger partial charge in [0.05, 0.1) is 11.6 Å². The standard InChI is InChI=1S/C24H25N3O5S/c1-3-31-20-12-16(5-4-15(20)2)6-7-22(28)27-10-8-17(9-11-27)23-25-19(14-33-23)21-13-18(24(29)30)26-32-21/h4-7,12-14,17H,3,8-11H2,1-2H3,(H,29,30)/b7-6+.